The summed E-state index contributed by atoms with van der Waals surface area (Å²) in [4.78, 5) is 24.3. The van der Waals surface area contributed by atoms with Crippen LogP contribution in [0, 0.1) is 6.92 Å². The van der Waals surface area contributed by atoms with E-state index >= 15 is 0 Å². The molecule has 1 saturated heterocycles. The van der Waals surface area contributed by atoms with E-state index in [-0.39, 0.29) is 24.3 Å². The lowest BCUT2D eigenvalue weighted by atomic mass is 9.87. The van der Waals surface area contributed by atoms with Gasteiger partial charge in [-0.2, -0.15) is 0 Å². The van der Waals surface area contributed by atoms with Gasteiger partial charge in [-0.25, -0.2) is 0 Å². The highest BCUT2D eigenvalue weighted by Crippen LogP contribution is 2.22. The molecule has 3 rings (SSSR count). The summed E-state index contributed by atoms with van der Waals surface area (Å²) in [6.07, 6.45) is 4.63. The van der Waals surface area contributed by atoms with Gasteiger partial charge in [0.25, 0.3) is 0 Å². The highest BCUT2D eigenvalue weighted by molar-refractivity contribution is 5.95. The van der Waals surface area contributed by atoms with Gasteiger partial charge in [-0.05, 0) is 37.5 Å². The summed E-state index contributed by atoms with van der Waals surface area (Å²) in [5, 5.41) is 9.29. The van der Waals surface area contributed by atoms with Crippen LogP contribution in [0.25, 0.3) is 0 Å². The standard InChI is InChI=1S/C17H23N3O2/c1-11-5-4-6-12(9-11)18-16(21)10-15-17(22)20-14-8-3-2-7-13(14)19-15/h4-6,9,13-15,19H,2-3,7-8,10H2,1H3,(H,18,21)(H,20,22)/t13-,14+,15-/m0/s1. The molecule has 0 aromatic heterocycles. The van der Waals surface area contributed by atoms with E-state index in [0.717, 1.165) is 24.1 Å². The number of carbonyl (C=O) groups is 2. The predicted molar refractivity (Wildman–Crippen MR) is 85.5 cm³/mol. The lowest BCUT2D eigenvalue weighted by molar-refractivity contribution is -0.129. The molecule has 0 bridgehead atoms. The summed E-state index contributed by atoms with van der Waals surface area (Å²) in [7, 11) is 0. The first kappa shape index (κ1) is 15.0. The smallest absolute Gasteiger partial charge is 0.237 e. The van der Waals surface area contributed by atoms with Gasteiger partial charge < -0.3 is 16.0 Å². The monoisotopic (exact) mass is 301 g/mol. The highest BCUT2D eigenvalue weighted by atomic mass is 16.2. The quantitative estimate of drug-likeness (QED) is 0.796. The Morgan fingerprint density at radius 1 is 1.27 bits per heavy atom. The summed E-state index contributed by atoms with van der Waals surface area (Å²) in [5.41, 5.74) is 1.87. The first-order chi connectivity index (χ1) is 10.6. The third kappa shape index (κ3) is 3.47. The summed E-state index contributed by atoms with van der Waals surface area (Å²) >= 11 is 0. The number of fused-ring (bicyclic) bond motifs is 1. The Bertz CT molecular complexity index is 573. The third-order valence-corrected chi connectivity index (χ3v) is 4.52. The van der Waals surface area contributed by atoms with E-state index in [1.165, 1.54) is 12.8 Å². The van der Waals surface area contributed by atoms with Crippen molar-refractivity contribution in [3.63, 3.8) is 0 Å². The summed E-state index contributed by atoms with van der Waals surface area (Å²) in [5.74, 6) is -0.185. The third-order valence-electron chi connectivity index (χ3n) is 4.52. The minimum atomic E-state index is -0.427. The lowest BCUT2D eigenvalue weighted by Crippen LogP contribution is -2.65. The van der Waals surface area contributed by atoms with Crippen molar-refractivity contribution in [2.45, 2.75) is 57.2 Å². The van der Waals surface area contributed by atoms with Gasteiger partial charge in [0.15, 0.2) is 0 Å². The minimum Gasteiger partial charge on any atom is -0.350 e. The lowest BCUT2D eigenvalue weighted by Gasteiger charge is -2.40. The van der Waals surface area contributed by atoms with Crippen LogP contribution in [0.15, 0.2) is 24.3 Å². The molecule has 1 aromatic rings. The van der Waals surface area contributed by atoms with Crippen LogP contribution >= 0.6 is 0 Å². The van der Waals surface area contributed by atoms with E-state index in [1.807, 2.05) is 31.2 Å². The average Bonchev–Trinajstić information content (AvgIpc) is 2.48. The molecule has 1 saturated carbocycles. The van der Waals surface area contributed by atoms with Crippen LogP contribution in [0.2, 0.25) is 0 Å². The second kappa shape index (κ2) is 6.48. The van der Waals surface area contributed by atoms with E-state index in [2.05, 4.69) is 16.0 Å². The zero-order valence-corrected chi connectivity index (χ0v) is 12.9. The summed E-state index contributed by atoms with van der Waals surface area (Å²) < 4.78 is 0. The molecule has 118 valence electrons. The molecule has 22 heavy (non-hydrogen) atoms. The molecular weight excluding hydrogens is 278 g/mol. The number of hydrogen-bond donors (Lipinski definition) is 3. The van der Waals surface area contributed by atoms with Crippen LogP contribution in [-0.4, -0.2) is 29.9 Å². The molecule has 2 aliphatic rings. The Morgan fingerprint density at radius 2 is 2.05 bits per heavy atom. The maximum absolute atomic E-state index is 12.2. The number of aryl methyl sites for hydroxylation is 1. The van der Waals surface area contributed by atoms with Crippen molar-refractivity contribution in [2.75, 3.05) is 5.32 Å². The molecule has 3 N–H and O–H groups in total. The molecule has 0 unspecified atom stereocenters. The van der Waals surface area contributed by atoms with Crippen molar-refractivity contribution in [1.82, 2.24) is 10.6 Å². The van der Waals surface area contributed by atoms with E-state index in [1.54, 1.807) is 0 Å². The normalized spacial score (nSPS) is 27.7. The topological polar surface area (TPSA) is 70.2 Å². The second-order valence-electron chi connectivity index (χ2n) is 6.35. The largest absolute Gasteiger partial charge is 0.350 e. The summed E-state index contributed by atoms with van der Waals surface area (Å²) in [6, 6.07) is 7.78. The van der Waals surface area contributed by atoms with Crippen molar-refractivity contribution in [3.05, 3.63) is 29.8 Å². The number of hydrogen-bond acceptors (Lipinski definition) is 3. The fraction of sp³-hybridized carbons (Fsp3) is 0.529. The Hall–Kier alpha value is -1.88. The fourth-order valence-corrected chi connectivity index (χ4v) is 3.39. The predicted octanol–water partition coefficient (Wildman–Crippen LogP) is 1.72. The second-order valence-corrected chi connectivity index (χ2v) is 6.35. The van der Waals surface area contributed by atoms with Crippen molar-refractivity contribution in [2.24, 2.45) is 0 Å². The molecule has 1 aromatic carbocycles. The van der Waals surface area contributed by atoms with Gasteiger partial charge in [0.2, 0.25) is 11.8 Å². The van der Waals surface area contributed by atoms with Crippen molar-refractivity contribution in [1.29, 1.82) is 0 Å². The van der Waals surface area contributed by atoms with E-state index in [0.29, 0.717) is 6.04 Å². The Balaban J connectivity index is 1.57. The molecule has 1 aliphatic heterocycles. The first-order valence-corrected chi connectivity index (χ1v) is 8.05. The SMILES string of the molecule is Cc1cccc(NC(=O)C[C@@H]2N[C@H]3CCCC[C@H]3NC2=O)c1. The molecule has 1 heterocycles. The molecule has 0 spiro atoms. The zero-order chi connectivity index (χ0) is 15.5. The van der Waals surface area contributed by atoms with Crippen LogP contribution in [0.1, 0.15) is 37.7 Å². The molecule has 2 amide bonds. The average molecular weight is 301 g/mol. The van der Waals surface area contributed by atoms with E-state index in [4.69, 9.17) is 0 Å². The fourth-order valence-electron chi connectivity index (χ4n) is 3.39. The van der Waals surface area contributed by atoms with Gasteiger partial charge in [0, 0.05) is 17.8 Å². The number of anilines is 1. The maximum atomic E-state index is 12.2. The molecule has 2 fully saturated rings. The highest BCUT2D eigenvalue weighted by Gasteiger charge is 2.36. The number of benzene rings is 1. The first-order valence-electron chi connectivity index (χ1n) is 8.05. The van der Waals surface area contributed by atoms with Crippen LogP contribution in [-0.2, 0) is 9.59 Å². The maximum Gasteiger partial charge on any atom is 0.237 e. The molecule has 0 radical (unpaired) electrons. The van der Waals surface area contributed by atoms with Crippen LogP contribution in [0.5, 0.6) is 0 Å². The number of amides is 2. The molecule has 1 aliphatic carbocycles. The molecular formula is C17H23N3O2. The van der Waals surface area contributed by atoms with Crippen LogP contribution < -0.4 is 16.0 Å². The van der Waals surface area contributed by atoms with Crippen molar-refractivity contribution in [3.8, 4) is 0 Å². The van der Waals surface area contributed by atoms with Crippen molar-refractivity contribution >= 4 is 17.5 Å². The number of carbonyl (C=O) groups excluding carboxylic acids is 2. The Labute approximate surface area is 130 Å². The van der Waals surface area contributed by atoms with Crippen LogP contribution in [0.4, 0.5) is 5.69 Å². The van der Waals surface area contributed by atoms with Gasteiger partial charge in [-0.15, -0.1) is 0 Å². The van der Waals surface area contributed by atoms with Gasteiger partial charge >= 0.3 is 0 Å². The van der Waals surface area contributed by atoms with E-state index < -0.39 is 6.04 Å². The molecule has 5 nitrogen and oxygen atoms in total. The van der Waals surface area contributed by atoms with Gasteiger partial charge in [0.1, 0.15) is 0 Å². The number of rotatable bonds is 3. The van der Waals surface area contributed by atoms with Crippen LogP contribution in [0.3, 0.4) is 0 Å². The number of nitrogens with one attached hydrogen (secondary N) is 3. The Morgan fingerprint density at radius 3 is 2.82 bits per heavy atom. The summed E-state index contributed by atoms with van der Waals surface area (Å²) in [6.45, 7) is 1.98. The molecule has 3 atom stereocenters. The van der Waals surface area contributed by atoms with E-state index in [9.17, 15) is 9.59 Å². The van der Waals surface area contributed by atoms with Crippen molar-refractivity contribution < 1.29 is 9.59 Å². The molecule has 5 heteroatoms. The zero-order valence-electron chi connectivity index (χ0n) is 12.9. The van der Waals surface area contributed by atoms with Gasteiger partial charge in [-0.3, -0.25) is 9.59 Å². The minimum absolute atomic E-state index is 0.0532. The van der Waals surface area contributed by atoms with Gasteiger partial charge in [0.05, 0.1) is 12.5 Å². The number of piperazine rings is 1. The Kier molecular flexibility index (Phi) is 4.43. The van der Waals surface area contributed by atoms with Gasteiger partial charge in [-0.1, -0.05) is 25.0 Å².